The van der Waals surface area contributed by atoms with Crippen molar-refractivity contribution in [1.82, 2.24) is 0 Å². The highest BCUT2D eigenvalue weighted by molar-refractivity contribution is 7.92. The number of nitrogens with one attached hydrogen (secondary N) is 2. The molecule has 3 aromatic carbocycles. The maximum absolute atomic E-state index is 12.9. The van der Waals surface area contributed by atoms with E-state index >= 15 is 0 Å². The molecule has 0 aliphatic rings. The van der Waals surface area contributed by atoms with Gasteiger partial charge in [0.1, 0.15) is 23.0 Å². The van der Waals surface area contributed by atoms with Crippen LogP contribution in [0.2, 0.25) is 0 Å². The van der Waals surface area contributed by atoms with Crippen LogP contribution in [0.5, 0.6) is 11.5 Å². The zero-order valence-electron chi connectivity index (χ0n) is 16.6. The van der Waals surface area contributed by atoms with Crippen LogP contribution in [0.4, 0.5) is 11.4 Å². The predicted octanol–water partition coefficient (Wildman–Crippen LogP) is 4.03. The number of methoxy groups -OCH3 is 1. The van der Waals surface area contributed by atoms with E-state index in [2.05, 4.69) is 10.0 Å². The molecule has 0 aliphatic heterocycles. The second kappa shape index (κ2) is 9.32. The molecule has 0 heterocycles. The molecular weight excluding hydrogens is 404 g/mol. The van der Waals surface area contributed by atoms with Gasteiger partial charge in [-0.25, -0.2) is 8.42 Å². The van der Waals surface area contributed by atoms with Gasteiger partial charge < -0.3 is 14.8 Å². The molecule has 2 N–H and O–H groups in total. The fraction of sp³-hybridized carbons (Fsp3) is 0.136. The molecule has 0 radical (unpaired) electrons. The Hall–Kier alpha value is -3.52. The topological polar surface area (TPSA) is 93.7 Å². The number of carbonyl (C=O) groups excluding carboxylic acids is 1. The van der Waals surface area contributed by atoms with E-state index in [9.17, 15) is 13.2 Å². The zero-order valence-corrected chi connectivity index (χ0v) is 17.4. The van der Waals surface area contributed by atoms with Crippen LogP contribution in [0.15, 0.2) is 77.7 Å². The lowest BCUT2D eigenvalue weighted by atomic mass is 10.2. The number of amides is 1. The van der Waals surface area contributed by atoms with Crippen molar-refractivity contribution in [2.24, 2.45) is 0 Å². The van der Waals surface area contributed by atoms with Gasteiger partial charge >= 0.3 is 0 Å². The minimum Gasteiger partial charge on any atom is -0.495 e. The SMILES string of the molecule is COc1ccc(NC(C)=O)cc1S(=O)(=O)Nc1ccc(OCc2ccccc2)cc1. The molecule has 0 aliphatic carbocycles. The van der Waals surface area contributed by atoms with Gasteiger partial charge in [-0.05, 0) is 48.0 Å². The van der Waals surface area contributed by atoms with Crippen molar-refractivity contribution in [3.05, 3.63) is 78.4 Å². The fourth-order valence-electron chi connectivity index (χ4n) is 2.74. The largest absolute Gasteiger partial charge is 0.495 e. The Balaban J connectivity index is 1.74. The standard InChI is InChI=1S/C22H22N2O5S/c1-16(25)23-19-10-13-21(28-2)22(14-19)30(26,27)24-18-8-11-20(12-9-18)29-15-17-6-4-3-5-7-17/h3-14,24H,15H2,1-2H3,(H,23,25). The van der Waals surface area contributed by atoms with Gasteiger partial charge in [0, 0.05) is 18.3 Å². The molecule has 0 saturated heterocycles. The van der Waals surface area contributed by atoms with Crippen molar-refractivity contribution in [2.45, 2.75) is 18.4 Å². The molecule has 0 atom stereocenters. The number of ether oxygens (including phenoxy) is 2. The summed E-state index contributed by atoms with van der Waals surface area (Å²) in [5.41, 5.74) is 1.76. The maximum Gasteiger partial charge on any atom is 0.265 e. The van der Waals surface area contributed by atoms with E-state index in [1.807, 2.05) is 30.3 Å². The Kier molecular flexibility index (Phi) is 6.58. The van der Waals surface area contributed by atoms with Gasteiger partial charge in [0.05, 0.1) is 7.11 Å². The third kappa shape index (κ3) is 5.51. The number of carbonyl (C=O) groups is 1. The third-order valence-corrected chi connectivity index (χ3v) is 5.53. The van der Waals surface area contributed by atoms with Crippen molar-refractivity contribution in [1.29, 1.82) is 0 Å². The van der Waals surface area contributed by atoms with E-state index in [1.165, 1.54) is 26.2 Å². The highest BCUT2D eigenvalue weighted by Crippen LogP contribution is 2.29. The Morgan fingerprint density at radius 1 is 0.933 bits per heavy atom. The summed E-state index contributed by atoms with van der Waals surface area (Å²) in [7, 11) is -2.57. The van der Waals surface area contributed by atoms with E-state index in [0.29, 0.717) is 23.7 Å². The first-order valence-electron chi connectivity index (χ1n) is 9.12. The molecule has 8 heteroatoms. The first-order chi connectivity index (χ1) is 14.4. The Morgan fingerprint density at radius 2 is 1.60 bits per heavy atom. The summed E-state index contributed by atoms with van der Waals surface area (Å²) < 4.78 is 39.2. The lowest BCUT2D eigenvalue weighted by Crippen LogP contribution is -2.15. The molecule has 1 amide bonds. The van der Waals surface area contributed by atoms with E-state index < -0.39 is 10.0 Å². The van der Waals surface area contributed by atoms with E-state index in [-0.39, 0.29) is 16.6 Å². The van der Waals surface area contributed by atoms with Gasteiger partial charge in [0.15, 0.2) is 0 Å². The van der Waals surface area contributed by atoms with Gasteiger partial charge in [-0.2, -0.15) is 0 Å². The van der Waals surface area contributed by atoms with Crippen LogP contribution < -0.4 is 19.5 Å². The summed E-state index contributed by atoms with van der Waals surface area (Å²) in [4.78, 5) is 11.2. The fourth-order valence-corrected chi connectivity index (χ4v) is 3.99. The predicted molar refractivity (Wildman–Crippen MR) is 115 cm³/mol. The molecule has 3 rings (SSSR count). The summed E-state index contributed by atoms with van der Waals surface area (Å²) in [6, 6.07) is 20.7. The number of hydrogen-bond donors (Lipinski definition) is 2. The number of rotatable bonds is 8. The van der Waals surface area contributed by atoms with Gasteiger partial charge in [-0.15, -0.1) is 0 Å². The minimum absolute atomic E-state index is 0.0827. The van der Waals surface area contributed by atoms with Crippen molar-refractivity contribution in [3.8, 4) is 11.5 Å². The molecule has 3 aromatic rings. The first-order valence-corrected chi connectivity index (χ1v) is 10.6. The van der Waals surface area contributed by atoms with E-state index in [1.54, 1.807) is 30.3 Å². The number of anilines is 2. The quantitative estimate of drug-likeness (QED) is 0.567. The molecule has 0 aromatic heterocycles. The van der Waals surface area contributed by atoms with Crippen molar-refractivity contribution < 1.29 is 22.7 Å². The lowest BCUT2D eigenvalue weighted by Gasteiger charge is -2.14. The summed E-state index contributed by atoms with van der Waals surface area (Å²) in [5, 5.41) is 2.56. The first kappa shape index (κ1) is 21.2. The van der Waals surface area contributed by atoms with Crippen LogP contribution in [-0.2, 0) is 21.4 Å². The van der Waals surface area contributed by atoms with Crippen LogP contribution in [0.3, 0.4) is 0 Å². The maximum atomic E-state index is 12.9. The van der Waals surface area contributed by atoms with E-state index in [0.717, 1.165) is 5.56 Å². The van der Waals surface area contributed by atoms with Crippen molar-refractivity contribution >= 4 is 27.3 Å². The minimum atomic E-state index is -3.95. The number of sulfonamides is 1. The van der Waals surface area contributed by atoms with Crippen LogP contribution in [0.1, 0.15) is 12.5 Å². The molecule has 7 nitrogen and oxygen atoms in total. The summed E-state index contributed by atoms with van der Waals surface area (Å²) in [5.74, 6) is 0.481. The Bertz CT molecular complexity index is 1110. The molecule has 0 saturated carbocycles. The lowest BCUT2D eigenvalue weighted by molar-refractivity contribution is -0.114. The average Bonchev–Trinajstić information content (AvgIpc) is 2.73. The molecule has 30 heavy (non-hydrogen) atoms. The monoisotopic (exact) mass is 426 g/mol. The number of benzene rings is 3. The third-order valence-electron chi connectivity index (χ3n) is 4.13. The smallest absolute Gasteiger partial charge is 0.265 e. The second-order valence-corrected chi connectivity index (χ2v) is 8.10. The van der Waals surface area contributed by atoms with Gasteiger partial charge in [-0.1, -0.05) is 30.3 Å². The van der Waals surface area contributed by atoms with Gasteiger partial charge in [0.2, 0.25) is 5.91 Å². The highest BCUT2D eigenvalue weighted by atomic mass is 32.2. The molecule has 0 unspecified atom stereocenters. The van der Waals surface area contributed by atoms with Gasteiger partial charge in [-0.3, -0.25) is 9.52 Å². The normalized spacial score (nSPS) is 10.9. The highest BCUT2D eigenvalue weighted by Gasteiger charge is 2.20. The molecular formula is C22H22N2O5S. The van der Waals surface area contributed by atoms with Crippen LogP contribution in [0.25, 0.3) is 0 Å². The summed E-state index contributed by atoms with van der Waals surface area (Å²) in [6.45, 7) is 1.76. The van der Waals surface area contributed by atoms with Crippen LogP contribution in [-0.4, -0.2) is 21.4 Å². The Labute approximate surface area is 175 Å². The Morgan fingerprint density at radius 3 is 2.23 bits per heavy atom. The van der Waals surface area contributed by atoms with Crippen molar-refractivity contribution in [2.75, 3.05) is 17.1 Å². The molecule has 0 fully saturated rings. The zero-order chi connectivity index (χ0) is 21.6. The number of hydrogen-bond acceptors (Lipinski definition) is 5. The summed E-state index contributed by atoms with van der Waals surface area (Å²) >= 11 is 0. The molecule has 0 spiro atoms. The summed E-state index contributed by atoms with van der Waals surface area (Å²) in [6.07, 6.45) is 0. The van der Waals surface area contributed by atoms with E-state index in [4.69, 9.17) is 9.47 Å². The van der Waals surface area contributed by atoms with Crippen molar-refractivity contribution in [3.63, 3.8) is 0 Å². The van der Waals surface area contributed by atoms with Crippen LogP contribution >= 0.6 is 0 Å². The molecule has 0 bridgehead atoms. The van der Waals surface area contributed by atoms with Gasteiger partial charge in [0.25, 0.3) is 10.0 Å². The second-order valence-electron chi connectivity index (χ2n) is 6.45. The van der Waals surface area contributed by atoms with Crippen LogP contribution in [0, 0.1) is 0 Å². The average molecular weight is 426 g/mol. The molecule has 156 valence electrons.